The molecule has 1 aliphatic heterocycles. The lowest BCUT2D eigenvalue weighted by molar-refractivity contribution is -0.385. The van der Waals surface area contributed by atoms with Crippen LogP contribution in [0.15, 0.2) is 48.7 Å². The van der Waals surface area contributed by atoms with Crippen LogP contribution in [0.2, 0.25) is 0 Å². The molecule has 2 aromatic carbocycles. The molecule has 2 heterocycles. The topological polar surface area (TPSA) is 93.3 Å². The maximum atomic E-state index is 12.9. The van der Waals surface area contributed by atoms with E-state index in [-0.39, 0.29) is 11.3 Å². The van der Waals surface area contributed by atoms with Gasteiger partial charge >= 0.3 is 0 Å². The van der Waals surface area contributed by atoms with Gasteiger partial charge in [0.1, 0.15) is 5.56 Å². The zero-order valence-corrected chi connectivity index (χ0v) is 17.7. The van der Waals surface area contributed by atoms with Crippen molar-refractivity contribution in [1.29, 1.82) is 0 Å². The SMILES string of the molecule is Cc1ccc(-n2ccc(NC(=O)c3cc(N4CCCCC4)ccc3[N+](=O)[O-])n2)cc1C. The average molecular weight is 419 g/mol. The second-order valence-corrected chi connectivity index (χ2v) is 7.87. The van der Waals surface area contributed by atoms with Gasteiger partial charge in [0.2, 0.25) is 0 Å². The van der Waals surface area contributed by atoms with Crippen LogP contribution >= 0.6 is 0 Å². The first-order chi connectivity index (χ1) is 14.9. The van der Waals surface area contributed by atoms with Crippen LogP contribution in [0.1, 0.15) is 40.7 Å². The summed E-state index contributed by atoms with van der Waals surface area (Å²) in [5.74, 6) is -0.211. The van der Waals surface area contributed by atoms with Crippen molar-refractivity contribution in [3.63, 3.8) is 0 Å². The van der Waals surface area contributed by atoms with Crippen molar-refractivity contribution in [2.45, 2.75) is 33.1 Å². The van der Waals surface area contributed by atoms with E-state index in [1.54, 1.807) is 29.1 Å². The summed E-state index contributed by atoms with van der Waals surface area (Å²) in [5, 5.41) is 18.6. The summed E-state index contributed by atoms with van der Waals surface area (Å²) in [7, 11) is 0. The first-order valence-corrected chi connectivity index (χ1v) is 10.4. The fourth-order valence-electron chi connectivity index (χ4n) is 3.80. The molecule has 1 aliphatic rings. The molecule has 4 rings (SSSR count). The third kappa shape index (κ3) is 4.42. The Bertz CT molecular complexity index is 1130. The Labute approximate surface area is 180 Å². The Kier molecular flexibility index (Phi) is 5.70. The number of amides is 1. The van der Waals surface area contributed by atoms with Crippen molar-refractivity contribution in [1.82, 2.24) is 9.78 Å². The van der Waals surface area contributed by atoms with Crippen molar-refractivity contribution in [2.24, 2.45) is 0 Å². The molecule has 160 valence electrons. The molecule has 1 aromatic heterocycles. The number of nitrogens with zero attached hydrogens (tertiary/aromatic N) is 4. The summed E-state index contributed by atoms with van der Waals surface area (Å²) < 4.78 is 1.67. The van der Waals surface area contributed by atoms with E-state index >= 15 is 0 Å². The minimum absolute atomic E-state index is 0.0359. The van der Waals surface area contributed by atoms with Crippen LogP contribution < -0.4 is 10.2 Å². The highest BCUT2D eigenvalue weighted by molar-refractivity contribution is 6.07. The maximum absolute atomic E-state index is 12.9. The van der Waals surface area contributed by atoms with E-state index in [0.717, 1.165) is 42.9 Å². The number of aromatic nitrogens is 2. The number of nitro benzene ring substituents is 1. The van der Waals surface area contributed by atoms with E-state index in [0.29, 0.717) is 5.82 Å². The summed E-state index contributed by atoms with van der Waals surface area (Å²) in [6.45, 7) is 5.84. The summed E-state index contributed by atoms with van der Waals surface area (Å²) in [4.78, 5) is 26.1. The zero-order chi connectivity index (χ0) is 22.0. The molecule has 0 radical (unpaired) electrons. The summed E-state index contributed by atoms with van der Waals surface area (Å²) >= 11 is 0. The van der Waals surface area contributed by atoms with E-state index in [1.165, 1.54) is 18.1 Å². The van der Waals surface area contributed by atoms with Crippen LogP contribution in [0.25, 0.3) is 5.69 Å². The number of piperidine rings is 1. The number of hydrogen-bond acceptors (Lipinski definition) is 5. The van der Waals surface area contributed by atoms with E-state index in [2.05, 4.69) is 15.3 Å². The predicted octanol–water partition coefficient (Wildman–Crippen LogP) is 4.64. The number of aryl methyl sites for hydroxylation is 2. The minimum atomic E-state index is -0.545. The highest BCUT2D eigenvalue weighted by Crippen LogP contribution is 2.28. The number of hydrogen-bond donors (Lipinski definition) is 1. The molecule has 1 N–H and O–H groups in total. The lowest BCUT2D eigenvalue weighted by Crippen LogP contribution is -2.29. The first kappa shape index (κ1) is 20.6. The summed E-state index contributed by atoms with van der Waals surface area (Å²) in [5.41, 5.74) is 3.85. The van der Waals surface area contributed by atoms with Crippen molar-refractivity contribution >= 4 is 23.1 Å². The van der Waals surface area contributed by atoms with Crippen LogP contribution in [0.5, 0.6) is 0 Å². The number of anilines is 2. The number of carbonyl (C=O) groups is 1. The third-order valence-corrected chi connectivity index (χ3v) is 5.73. The number of nitro groups is 1. The van der Waals surface area contributed by atoms with Crippen LogP contribution in [-0.2, 0) is 0 Å². The Hall–Kier alpha value is -3.68. The van der Waals surface area contributed by atoms with Crippen LogP contribution in [0, 0.1) is 24.0 Å². The van der Waals surface area contributed by atoms with Crippen LogP contribution in [-0.4, -0.2) is 33.7 Å². The molecule has 3 aromatic rings. The van der Waals surface area contributed by atoms with Gasteiger partial charge in [-0.1, -0.05) is 6.07 Å². The second-order valence-electron chi connectivity index (χ2n) is 7.87. The van der Waals surface area contributed by atoms with Gasteiger partial charge in [-0.05, 0) is 68.5 Å². The molecule has 0 aliphatic carbocycles. The Balaban J connectivity index is 1.58. The molecule has 1 saturated heterocycles. The smallest absolute Gasteiger partial charge is 0.282 e. The zero-order valence-electron chi connectivity index (χ0n) is 17.7. The number of benzene rings is 2. The van der Waals surface area contributed by atoms with Crippen molar-refractivity contribution in [3.05, 3.63) is 75.5 Å². The largest absolute Gasteiger partial charge is 0.372 e. The molecular weight excluding hydrogens is 394 g/mol. The Morgan fingerprint density at radius 1 is 1.00 bits per heavy atom. The number of nitrogens with one attached hydrogen (secondary N) is 1. The van der Waals surface area contributed by atoms with Gasteiger partial charge in [0.25, 0.3) is 11.6 Å². The third-order valence-electron chi connectivity index (χ3n) is 5.73. The maximum Gasteiger partial charge on any atom is 0.282 e. The van der Waals surface area contributed by atoms with Gasteiger partial charge in [-0.15, -0.1) is 0 Å². The summed E-state index contributed by atoms with van der Waals surface area (Å²) in [6.07, 6.45) is 5.08. The van der Waals surface area contributed by atoms with Gasteiger partial charge in [0.05, 0.1) is 10.6 Å². The Morgan fingerprint density at radius 2 is 1.74 bits per heavy atom. The molecule has 31 heavy (non-hydrogen) atoms. The van der Waals surface area contributed by atoms with E-state index < -0.39 is 10.8 Å². The van der Waals surface area contributed by atoms with Crippen molar-refractivity contribution < 1.29 is 9.72 Å². The monoisotopic (exact) mass is 419 g/mol. The van der Waals surface area contributed by atoms with Crippen molar-refractivity contribution in [3.8, 4) is 5.69 Å². The number of rotatable bonds is 5. The molecule has 0 unspecified atom stereocenters. The quantitative estimate of drug-likeness (QED) is 0.480. The van der Waals surface area contributed by atoms with Gasteiger partial charge in [0, 0.05) is 37.1 Å². The molecule has 1 amide bonds. The molecule has 0 spiro atoms. The second kappa shape index (κ2) is 8.59. The van der Waals surface area contributed by atoms with E-state index in [1.807, 2.05) is 32.0 Å². The predicted molar refractivity (Wildman–Crippen MR) is 120 cm³/mol. The Morgan fingerprint density at radius 3 is 2.45 bits per heavy atom. The average Bonchev–Trinajstić information content (AvgIpc) is 3.24. The van der Waals surface area contributed by atoms with E-state index in [4.69, 9.17) is 0 Å². The molecule has 8 nitrogen and oxygen atoms in total. The number of carbonyl (C=O) groups excluding carboxylic acids is 1. The first-order valence-electron chi connectivity index (χ1n) is 10.4. The van der Waals surface area contributed by atoms with Gasteiger partial charge in [0.15, 0.2) is 5.82 Å². The van der Waals surface area contributed by atoms with Crippen LogP contribution in [0.4, 0.5) is 17.2 Å². The molecule has 1 fully saturated rings. The van der Waals surface area contributed by atoms with Crippen LogP contribution in [0.3, 0.4) is 0 Å². The minimum Gasteiger partial charge on any atom is -0.372 e. The van der Waals surface area contributed by atoms with E-state index in [9.17, 15) is 14.9 Å². The highest BCUT2D eigenvalue weighted by Gasteiger charge is 2.23. The molecule has 8 heteroatoms. The van der Waals surface area contributed by atoms with Gasteiger partial charge in [-0.3, -0.25) is 14.9 Å². The van der Waals surface area contributed by atoms with Crippen molar-refractivity contribution in [2.75, 3.05) is 23.3 Å². The molecular formula is C23H25N5O3. The summed E-state index contributed by atoms with van der Waals surface area (Å²) in [6, 6.07) is 12.4. The van der Waals surface area contributed by atoms with Gasteiger partial charge in [-0.2, -0.15) is 5.10 Å². The normalized spacial score (nSPS) is 13.8. The molecule has 0 saturated carbocycles. The molecule has 0 atom stereocenters. The fourth-order valence-corrected chi connectivity index (χ4v) is 3.80. The fraction of sp³-hybridized carbons (Fsp3) is 0.304. The van der Waals surface area contributed by atoms with Gasteiger partial charge < -0.3 is 10.2 Å². The molecule has 0 bridgehead atoms. The standard InChI is InChI=1S/C23H25N5O3/c1-16-6-7-19(14-17(16)2)27-13-10-22(25-27)24-23(29)20-15-18(8-9-21(20)28(30)31)26-11-4-3-5-12-26/h6-10,13-15H,3-5,11-12H2,1-2H3,(H,24,25,29). The lowest BCUT2D eigenvalue weighted by Gasteiger charge is -2.29. The van der Waals surface area contributed by atoms with Gasteiger partial charge in [-0.25, -0.2) is 4.68 Å². The highest BCUT2D eigenvalue weighted by atomic mass is 16.6. The lowest BCUT2D eigenvalue weighted by atomic mass is 10.1.